The smallest absolute Gasteiger partial charge is 0.138 e. The fraction of sp³-hybridized carbons (Fsp3) is 0.214. The van der Waals surface area contributed by atoms with E-state index in [1.165, 1.54) is 6.33 Å². The topological polar surface area (TPSA) is 61.6 Å². The van der Waals surface area contributed by atoms with Crippen LogP contribution in [0, 0.1) is 11.3 Å². The van der Waals surface area contributed by atoms with Gasteiger partial charge in [0, 0.05) is 5.56 Å². The van der Waals surface area contributed by atoms with Crippen molar-refractivity contribution in [3.63, 3.8) is 0 Å². The van der Waals surface area contributed by atoms with Gasteiger partial charge in [0.25, 0.3) is 0 Å². The summed E-state index contributed by atoms with van der Waals surface area (Å²) in [4.78, 5) is 8.20. The highest BCUT2D eigenvalue weighted by atomic mass is 35.5. The largest absolute Gasteiger partial charge is 0.339 e. The summed E-state index contributed by atoms with van der Waals surface area (Å²) in [5, 5.41) is 12.7. The highest BCUT2D eigenvalue weighted by Gasteiger charge is 2.10. The lowest BCUT2D eigenvalue weighted by atomic mass is 10.1. The first-order valence-corrected chi connectivity index (χ1v) is 6.39. The number of nitrogens with one attached hydrogen (secondary N) is 1. The van der Waals surface area contributed by atoms with E-state index in [0.717, 1.165) is 24.1 Å². The molecular weight excluding hydrogens is 260 g/mol. The minimum absolute atomic E-state index is 0.453. The molecule has 1 heterocycles. The standard InChI is InChI=1S/C14H13ClN4/c1-2-5-11-13(15)17-9-18-14(11)19-12-7-4-3-6-10(12)8-16/h3-4,6-7,9H,2,5H2,1H3,(H,17,18,19). The molecule has 0 atom stereocenters. The van der Waals surface area contributed by atoms with Gasteiger partial charge in [0.15, 0.2) is 0 Å². The summed E-state index contributed by atoms with van der Waals surface area (Å²) >= 11 is 6.09. The van der Waals surface area contributed by atoms with Crippen LogP contribution in [0.5, 0.6) is 0 Å². The van der Waals surface area contributed by atoms with Crippen LogP contribution < -0.4 is 5.32 Å². The van der Waals surface area contributed by atoms with Crippen molar-refractivity contribution in [3.05, 3.63) is 46.9 Å². The molecule has 0 bridgehead atoms. The van der Waals surface area contributed by atoms with Crippen molar-refractivity contribution in [1.82, 2.24) is 9.97 Å². The Balaban J connectivity index is 2.38. The normalized spacial score (nSPS) is 9.95. The first-order valence-electron chi connectivity index (χ1n) is 6.01. The Morgan fingerprint density at radius 1 is 1.32 bits per heavy atom. The van der Waals surface area contributed by atoms with Crippen LogP contribution >= 0.6 is 11.6 Å². The summed E-state index contributed by atoms with van der Waals surface area (Å²) in [6.07, 6.45) is 3.15. The lowest BCUT2D eigenvalue weighted by Crippen LogP contribution is -2.02. The maximum Gasteiger partial charge on any atom is 0.138 e. The molecule has 96 valence electrons. The molecule has 0 aliphatic rings. The first kappa shape index (κ1) is 13.3. The van der Waals surface area contributed by atoms with E-state index in [1.54, 1.807) is 6.07 Å². The van der Waals surface area contributed by atoms with Crippen LogP contribution in [0.2, 0.25) is 5.15 Å². The van der Waals surface area contributed by atoms with Gasteiger partial charge >= 0.3 is 0 Å². The Labute approximate surface area is 117 Å². The Morgan fingerprint density at radius 2 is 2.11 bits per heavy atom. The molecule has 4 nitrogen and oxygen atoms in total. The summed E-state index contributed by atoms with van der Waals surface area (Å²) in [7, 11) is 0. The minimum Gasteiger partial charge on any atom is -0.339 e. The molecule has 2 aromatic rings. The molecule has 1 aromatic heterocycles. The van der Waals surface area contributed by atoms with Crippen LogP contribution in [-0.2, 0) is 6.42 Å². The average molecular weight is 273 g/mol. The molecule has 1 N–H and O–H groups in total. The summed E-state index contributed by atoms with van der Waals surface area (Å²) in [6.45, 7) is 2.07. The molecule has 0 aliphatic heterocycles. The van der Waals surface area contributed by atoms with Crippen molar-refractivity contribution in [1.29, 1.82) is 5.26 Å². The molecular formula is C14H13ClN4. The monoisotopic (exact) mass is 272 g/mol. The Kier molecular flexibility index (Phi) is 4.32. The number of aromatic nitrogens is 2. The first-order chi connectivity index (χ1) is 9.26. The number of hydrogen-bond donors (Lipinski definition) is 1. The van der Waals surface area contributed by atoms with Gasteiger partial charge < -0.3 is 5.32 Å². The zero-order valence-electron chi connectivity index (χ0n) is 10.5. The van der Waals surface area contributed by atoms with Crippen LogP contribution in [0.25, 0.3) is 0 Å². The molecule has 0 radical (unpaired) electrons. The second-order valence-corrected chi connectivity index (χ2v) is 4.38. The van der Waals surface area contributed by atoms with Crippen LogP contribution in [0.1, 0.15) is 24.5 Å². The molecule has 0 aliphatic carbocycles. The third kappa shape index (κ3) is 3.01. The average Bonchev–Trinajstić information content (AvgIpc) is 2.43. The third-order valence-corrected chi connectivity index (χ3v) is 3.02. The SMILES string of the molecule is CCCc1c(Cl)ncnc1Nc1ccccc1C#N. The van der Waals surface area contributed by atoms with Crippen molar-refractivity contribution in [2.45, 2.75) is 19.8 Å². The minimum atomic E-state index is 0.453. The number of nitrogens with zero attached hydrogens (tertiary/aromatic N) is 3. The van der Waals surface area contributed by atoms with E-state index < -0.39 is 0 Å². The van der Waals surface area contributed by atoms with Crippen molar-refractivity contribution in [2.24, 2.45) is 0 Å². The van der Waals surface area contributed by atoms with E-state index in [4.69, 9.17) is 16.9 Å². The van der Waals surface area contributed by atoms with E-state index in [9.17, 15) is 0 Å². The number of benzene rings is 1. The van der Waals surface area contributed by atoms with Gasteiger partial charge in [-0.25, -0.2) is 9.97 Å². The molecule has 5 heteroatoms. The quantitative estimate of drug-likeness (QED) is 0.862. The number of anilines is 2. The lowest BCUT2D eigenvalue weighted by Gasteiger charge is -2.12. The molecule has 1 aromatic carbocycles. The van der Waals surface area contributed by atoms with E-state index in [0.29, 0.717) is 16.5 Å². The fourth-order valence-corrected chi connectivity index (χ4v) is 2.01. The summed E-state index contributed by atoms with van der Waals surface area (Å²) in [5.41, 5.74) is 2.16. The fourth-order valence-electron chi connectivity index (χ4n) is 1.79. The highest BCUT2D eigenvalue weighted by molar-refractivity contribution is 6.30. The number of nitriles is 1. The van der Waals surface area contributed by atoms with Crippen molar-refractivity contribution >= 4 is 23.1 Å². The van der Waals surface area contributed by atoms with Gasteiger partial charge in [-0.2, -0.15) is 5.26 Å². The van der Waals surface area contributed by atoms with Gasteiger partial charge in [-0.05, 0) is 18.6 Å². The highest BCUT2D eigenvalue weighted by Crippen LogP contribution is 2.26. The zero-order chi connectivity index (χ0) is 13.7. The summed E-state index contributed by atoms with van der Waals surface area (Å²) < 4.78 is 0. The molecule has 0 saturated carbocycles. The zero-order valence-corrected chi connectivity index (χ0v) is 11.3. The van der Waals surface area contributed by atoms with Crippen molar-refractivity contribution < 1.29 is 0 Å². The molecule has 2 rings (SSSR count). The van der Waals surface area contributed by atoms with E-state index in [2.05, 4.69) is 28.3 Å². The van der Waals surface area contributed by atoms with Crippen LogP contribution in [0.4, 0.5) is 11.5 Å². The van der Waals surface area contributed by atoms with E-state index >= 15 is 0 Å². The maximum absolute atomic E-state index is 9.07. The molecule has 0 spiro atoms. The molecule has 19 heavy (non-hydrogen) atoms. The van der Waals surface area contributed by atoms with Gasteiger partial charge in [-0.15, -0.1) is 0 Å². The molecule has 0 fully saturated rings. The number of rotatable bonds is 4. The molecule has 0 saturated heterocycles. The second kappa shape index (κ2) is 6.17. The number of hydrogen-bond acceptors (Lipinski definition) is 4. The molecule has 0 amide bonds. The van der Waals surface area contributed by atoms with E-state index in [-0.39, 0.29) is 0 Å². The van der Waals surface area contributed by atoms with E-state index in [1.807, 2.05) is 18.2 Å². The van der Waals surface area contributed by atoms with Gasteiger partial charge in [0.2, 0.25) is 0 Å². The Bertz CT molecular complexity index is 619. The van der Waals surface area contributed by atoms with Gasteiger partial charge in [-0.1, -0.05) is 37.1 Å². The lowest BCUT2D eigenvalue weighted by molar-refractivity contribution is 0.904. The predicted octanol–water partition coefficient (Wildman–Crippen LogP) is 3.70. The van der Waals surface area contributed by atoms with Crippen LogP contribution in [0.3, 0.4) is 0 Å². The van der Waals surface area contributed by atoms with Gasteiger partial charge in [0.05, 0.1) is 11.3 Å². The number of para-hydroxylation sites is 1. The Hall–Kier alpha value is -2.12. The molecule has 0 unspecified atom stereocenters. The van der Waals surface area contributed by atoms with Gasteiger partial charge in [0.1, 0.15) is 23.4 Å². The number of halogens is 1. The Morgan fingerprint density at radius 3 is 2.84 bits per heavy atom. The van der Waals surface area contributed by atoms with Crippen molar-refractivity contribution in [3.8, 4) is 6.07 Å². The van der Waals surface area contributed by atoms with Crippen molar-refractivity contribution in [2.75, 3.05) is 5.32 Å². The second-order valence-electron chi connectivity index (χ2n) is 4.02. The third-order valence-electron chi connectivity index (χ3n) is 2.69. The maximum atomic E-state index is 9.07. The summed E-state index contributed by atoms with van der Waals surface area (Å²) in [6, 6.07) is 9.42. The summed E-state index contributed by atoms with van der Waals surface area (Å²) in [5.74, 6) is 0.657. The van der Waals surface area contributed by atoms with Crippen LogP contribution in [-0.4, -0.2) is 9.97 Å². The van der Waals surface area contributed by atoms with Gasteiger partial charge in [-0.3, -0.25) is 0 Å². The predicted molar refractivity (Wildman–Crippen MR) is 75.5 cm³/mol. The van der Waals surface area contributed by atoms with Crippen LogP contribution in [0.15, 0.2) is 30.6 Å².